The maximum absolute atomic E-state index is 14.0. The van der Waals surface area contributed by atoms with E-state index in [0.717, 1.165) is 11.6 Å². The molecule has 1 fully saturated rings. The van der Waals surface area contributed by atoms with Gasteiger partial charge in [-0.15, -0.1) is 0 Å². The van der Waals surface area contributed by atoms with Crippen LogP contribution in [0.3, 0.4) is 0 Å². The topological polar surface area (TPSA) is 75.9 Å². The zero-order chi connectivity index (χ0) is 24.9. The third-order valence-corrected chi connectivity index (χ3v) is 5.96. The standard InChI is InChI=1S/C26H25F2N3O4/c1-18-8-9-24(23(14-18)31(33)34)35-17-19-4-2-5-20(15-19)26(32)30-12-10-29(11-13-30)16-21-6-3-7-22(27)25(21)28/h2-9,14-15H,10-13,16-17H2,1H3. The van der Waals surface area contributed by atoms with Crippen LogP contribution in [0.15, 0.2) is 60.7 Å². The summed E-state index contributed by atoms with van der Waals surface area (Å²) in [4.78, 5) is 27.6. The monoisotopic (exact) mass is 481 g/mol. The van der Waals surface area contributed by atoms with Gasteiger partial charge in [0.05, 0.1) is 4.92 Å². The maximum atomic E-state index is 14.0. The van der Waals surface area contributed by atoms with Crippen molar-refractivity contribution in [3.05, 3.63) is 105 Å². The van der Waals surface area contributed by atoms with Crippen LogP contribution < -0.4 is 4.74 Å². The summed E-state index contributed by atoms with van der Waals surface area (Å²) in [6, 6.07) is 15.9. The van der Waals surface area contributed by atoms with Gasteiger partial charge < -0.3 is 9.64 Å². The average Bonchev–Trinajstić information content (AvgIpc) is 2.86. The van der Waals surface area contributed by atoms with Gasteiger partial charge in [0.1, 0.15) is 6.61 Å². The van der Waals surface area contributed by atoms with Crippen molar-refractivity contribution in [3.63, 3.8) is 0 Å². The van der Waals surface area contributed by atoms with Crippen LogP contribution in [0.25, 0.3) is 0 Å². The first kappa shape index (κ1) is 24.3. The van der Waals surface area contributed by atoms with Crippen LogP contribution in [0.2, 0.25) is 0 Å². The first-order valence-electron chi connectivity index (χ1n) is 11.2. The molecule has 0 atom stereocenters. The Balaban J connectivity index is 1.35. The zero-order valence-electron chi connectivity index (χ0n) is 19.2. The molecular formula is C26H25F2N3O4. The van der Waals surface area contributed by atoms with Crippen LogP contribution >= 0.6 is 0 Å². The number of carbonyl (C=O) groups excluding carboxylic acids is 1. The molecule has 1 saturated heterocycles. The Bertz CT molecular complexity index is 1240. The highest BCUT2D eigenvalue weighted by Crippen LogP contribution is 2.28. The number of rotatable bonds is 7. The van der Waals surface area contributed by atoms with E-state index in [0.29, 0.717) is 42.9 Å². The summed E-state index contributed by atoms with van der Waals surface area (Å²) in [5.41, 5.74) is 2.16. The number of benzene rings is 3. The minimum absolute atomic E-state index is 0.0813. The van der Waals surface area contributed by atoms with Gasteiger partial charge >= 0.3 is 5.69 Å². The molecule has 35 heavy (non-hydrogen) atoms. The van der Waals surface area contributed by atoms with Gasteiger partial charge in [-0.25, -0.2) is 8.78 Å². The third-order valence-electron chi connectivity index (χ3n) is 5.96. The van der Waals surface area contributed by atoms with Gasteiger partial charge in [0.15, 0.2) is 17.4 Å². The molecule has 3 aromatic carbocycles. The lowest BCUT2D eigenvalue weighted by Crippen LogP contribution is -2.48. The first-order chi connectivity index (χ1) is 16.8. The van der Waals surface area contributed by atoms with Crippen molar-refractivity contribution in [2.75, 3.05) is 26.2 Å². The summed E-state index contributed by atoms with van der Waals surface area (Å²) in [6.07, 6.45) is 0. The molecule has 7 nitrogen and oxygen atoms in total. The van der Waals surface area contributed by atoms with E-state index < -0.39 is 16.6 Å². The molecule has 182 valence electrons. The number of nitro benzene ring substituents is 1. The summed E-state index contributed by atoms with van der Waals surface area (Å²) < 4.78 is 33.1. The van der Waals surface area contributed by atoms with E-state index in [1.807, 2.05) is 4.90 Å². The van der Waals surface area contributed by atoms with E-state index >= 15 is 0 Å². The number of nitrogens with zero attached hydrogens (tertiary/aromatic N) is 3. The fourth-order valence-electron chi connectivity index (χ4n) is 4.05. The third kappa shape index (κ3) is 5.81. The van der Waals surface area contributed by atoms with E-state index in [1.165, 1.54) is 12.1 Å². The predicted octanol–water partition coefficient (Wildman–Crippen LogP) is 4.72. The van der Waals surface area contributed by atoms with Gasteiger partial charge in [0.25, 0.3) is 5.91 Å². The molecule has 1 amide bonds. The van der Waals surface area contributed by atoms with Gasteiger partial charge in [-0.2, -0.15) is 0 Å². The highest BCUT2D eigenvalue weighted by atomic mass is 19.2. The minimum Gasteiger partial charge on any atom is -0.482 e. The molecule has 0 aromatic heterocycles. The van der Waals surface area contributed by atoms with Gasteiger partial charge in [-0.1, -0.05) is 30.3 Å². The van der Waals surface area contributed by atoms with Gasteiger partial charge in [-0.3, -0.25) is 19.8 Å². The molecule has 0 bridgehead atoms. The molecule has 0 unspecified atom stereocenters. The zero-order valence-corrected chi connectivity index (χ0v) is 19.2. The summed E-state index contributed by atoms with van der Waals surface area (Å²) in [5.74, 6) is -1.66. The molecular weight excluding hydrogens is 456 g/mol. The quantitative estimate of drug-likeness (QED) is 0.361. The van der Waals surface area contributed by atoms with E-state index in [-0.39, 0.29) is 30.5 Å². The van der Waals surface area contributed by atoms with Gasteiger partial charge in [-0.05, 0) is 42.3 Å². The number of ether oxygens (including phenoxy) is 1. The van der Waals surface area contributed by atoms with E-state index in [1.54, 1.807) is 54.3 Å². The van der Waals surface area contributed by atoms with Gasteiger partial charge in [0.2, 0.25) is 0 Å². The van der Waals surface area contributed by atoms with Crippen LogP contribution in [-0.2, 0) is 13.2 Å². The Hall–Kier alpha value is -3.85. The van der Waals surface area contributed by atoms with Crippen LogP contribution in [0.1, 0.15) is 27.0 Å². The maximum Gasteiger partial charge on any atom is 0.311 e. The van der Waals surface area contributed by atoms with Crippen LogP contribution in [0.5, 0.6) is 5.75 Å². The second-order valence-corrected chi connectivity index (χ2v) is 8.50. The Labute approximate surface area is 201 Å². The predicted molar refractivity (Wildman–Crippen MR) is 126 cm³/mol. The smallest absolute Gasteiger partial charge is 0.311 e. The molecule has 9 heteroatoms. The molecule has 1 aliphatic rings. The molecule has 1 aliphatic heterocycles. The highest BCUT2D eigenvalue weighted by Gasteiger charge is 2.23. The number of amides is 1. The van der Waals surface area contributed by atoms with Crippen molar-refractivity contribution in [1.82, 2.24) is 9.80 Å². The summed E-state index contributed by atoms with van der Waals surface area (Å²) >= 11 is 0. The Morgan fingerprint density at radius 1 is 1.03 bits per heavy atom. The molecule has 1 heterocycles. The lowest BCUT2D eigenvalue weighted by atomic mass is 10.1. The van der Waals surface area contributed by atoms with E-state index in [9.17, 15) is 23.7 Å². The number of hydrogen-bond donors (Lipinski definition) is 0. The average molecular weight is 481 g/mol. The highest BCUT2D eigenvalue weighted by molar-refractivity contribution is 5.94. The molecule has 0 N–H and O–H groups in total. The summed E-state index contributed by atoms with van der Waals surface area (Å²) in [7, 11) is 0. The summed E-state index contributed by atoms with van der Waals surface area (Å²) in [6.45, 7) is 4.15. The largest absolute Gasteiger partial charge is 0.482 e. The van der Waals surface area contributed by atoms with E-state index in [2.05, 4.69) is 0 Å². The van der Waals surface area contributed by atoms with E-state index in [4.69, 9.17) is 4.74 Å². The number of carbonyl (C=O) groups is 1. The minimum atomic E-state index is -0.864. The number of nitro groups is 1. The molecule has 3 aromatic rings. The van der Waals surface area contributed by atoms with Crippen molar-refractivity contribution in [2.45, 2.75) is 20.1 Å². The normalized spacial score (nSPS) is 14.1. The van der Waals surface area contributed by atoms with Gasteiger partial charge in [0, 0.05) is 49.9 Å². The van der Waals surface area contributed by atoms with Crippen molar-refractivity contribution < 1.29 is 23.2 Å². The number of piperazine rings is 1. The first-order valence-corrected chi connectivity index (χ1v) is 11.2. The summed E-state index contributed by atoms with van der Waals surface area (Å²) in [5, 5.41) is 11.3. The second-order valence-electron chi connectivity index (χ2n) is 8.50. The van der Waals surface area contributed by atoms with Crippen molar-refractivity contribution >= 4 is 11.6 Å². The fraction of sp³-hybridized carbons (Fsp3) is 0.269. The second kappa shape index (κ2) is 10.6. The lowest BCUT2D eigenvalue weighted by Gasteiger charge is -2.35. The Kier molecular flexibility index (Phi) is 7.36. The SMILES string of the molecule is Cc1ccc(OCc2cccc(C(=O)N3CCN(Cc4cccc(F)c4F)CC3)c2)c([N+](=O)[O-])c1. The van der Waals surface area contributed by atoms with Crippen molar-refractivity contribution in [2.24, 2.45) is 0 Å². The Morgan fingerprint density at radius 3 is 2.51 bits per heavy atom. The number of halogens is 2. The van der Waals surface area contributed by atoms with Crippen molar-refractivity contribution in [1.29, 1.82) is 0 Å². The molecule has 0 aliphatic carbocycles. The Morgan fingerprint density at radius 2 is 1.77 bits per heavy atom. The molecule has 0 spiro atoms. The fourth-order valence-corrected chi connectivity index (χ4v) is 4.05. The number of aryl methyl sites for hydroxylation is 1. The molecule has 0 saturated carbocycles. The van der Waals surface area contributed by atoms with Crippen LogP contribution in [0.4, 0.5) is 14.5 Å². The number of hydrogen-bond acceptors (Lipinski definition) is 5. The van der Waals surface area contributed by atoms with Crippen LogP contribution in [-0.4, -0.2) is 46.8 Å². The molecule has 4 rings (SSSR count). The van der Waals surface area contributed by atoms with Crippen molar-refractivity contribution in [3.8, 4) is 5.75 Å². The molecule has 0 radical (unpaired) electrons. The van der Waals surface area contributed by atoms with Crippen LogP contribution in [0, 0.1) is 28.7 Å². The lowest BCUT2D eigenvalue weighted by molar-refractivity contribution is -0.386.